The van der Waals surface area contributed by atoms with Crippen LogP contribution in [0.25, 0.3) is 6.08 Å². The van der Waals surface area contributed by atoms with Crippen LogP contribution in [0.5, 0.6) is 0 Å². The van der Waals surface area contributed by atoms with E-state index in [1.54, 1.807) is 12.1 Å². The Labute approximate surface area is 153 Å². The minimum absolute atomic E-state index is 0.242. The molecule has 6 heteroatoms. The smallest absolute Gasteiger partial charge is 0.331 e. The summed E-state index contributed by atoms with van der Waals surface area (Å²) in [5.41, 5.74) is 2.92. The molecule has 0 radical (unpaired) electrons. The number of hydrogen-bond donors (Lipinski definition) is 1. The van der Waals surface area contributed by atoms with E-state index in [-0.39, 0.29) is 5.56 Å². The average Bonchev–Trinajstić information content (AvgIpc) is 2.58. The largest absolute Gasteiger partial charge is 0.452 e. The van der Waals surface area contributed by atoms with Gasteiger partial charge in [0, 0.05) is 21.8 Å². The molecule has 0 fully saturated rings. The van der Waals surface area contributed by atoms with Crippen LogP contribution in [-0.4, -0.2) is 18.5 Å². The van der Waals surface area contributed by atoms with Crippen LogP contribution in [0.3, 0.4) is 0 Å². The quantitative estimate of drug-likeness (QED) is 0.592. The molecular formula is C19H17BrFNO3. The third-order valence-electron chi connectivity index (χ3n) is 3.58. The predicted octanol–water partition coefficient (Wildman–Crippen LogP) is 4.40. The maximum absolute atomic E-state index is 13.6. The number of hydrogen-bond acceptors (Lipinski definition) is 3. The number of carbonyl (C=O) groups excluding carboxylic acids is 2. The van der Waals surface area contributed by atoms with E-state index in [9.17, 15) is 14.0 Å². The molecule has 0 heterocycles. The van der Waals surface area contributed by atoms with E-state index in [1.165, 1.54) is 18.2 Å². The van der Waals surface area contributed by atoms with E-state index in [0.717, 1.165) is 17.2 Å². The van der Waals surface area contributed by atoms with E-state index in [2.05, 4.69) is 21.2 Å². The Hall–Kier alpha value is -2.47. The van der Waals surface area contributed by atoms with Gasteiger partial charge in [-0.15, -0.1) is 0 Å². The summed E-state index contributed by atoms with van der Waals surface area (Å²) in [4.78, 5) is 23.5. The number of carbonyl (C=O) groups is 2. The Morgan fingerprint density at radius 3 is 2.76 bits per heavy atom. The van der Waals surface area contributed by atoms with Crippen molar-refractivity contribution in [2.45, 2.75) is 13.8 Å². The minimum Gasteiger partial charge on any atom is -0.452 e. The van der Waals surface area contributed by atoms with Crippen LogP contribution < -0.4 is 5.32 Å². The molecule has 0 bridgehead atoms. The number of nitrogens with one attached hydrogen (secondary N) is 1. The molecule has 130 valence electrons. The summed E-state index contributed by atoms with van der Waals surface area (Å²) in [6.45, 7) is 3.42. The van der Waals surface area contributed by atoms with Crippen molar-refractivity contribution in [2.75, 3.05) is 11.9 Å². The second-order valence-electron chi connectivity index (χ2n) is 5.40. The van der Waals surface area contributed by atoms with Gasteiger partial charge < -0.3 is 10.1 Å². The van der Waals surface area contributed by atoms with Crippen LogP contribution in [0, 0.1) is 19.7 Å². The lowest BCUT2D eigenvalue weighted by Crippen LogP contribution is -2.20. The monoisotopic (exact) mass is 405 g/mol. The lowest BCUT2D eigenvalue weighted by Gasteiger charge is -2.10. The SMILES string of the molecule is Cc1cccc(NC(=O)COC(=O)/C=C/c2cc(Br)ccc2F)c1C. The van der Waals surface area contributed by atoms with Crippen LogP contribution in [0.2, 0.25) is 0 Å². The van der Waals surface area contributed by atoms with Crippen molar-refractivity contribution in [1.29, 1.82) is 0 Å². The molecule has 2 aromatic rings. The van der Waals surface area contributed by atoms with Crippen molar-refractivity contribution in [2.24, 2.45) is 0 Å². The molecule has 2 aromatic carbocycles. The van der Waals surface area contributed by atoms with Gasteiger partial charge in [-0.05, 0) is 55.3 Å². The summed E-state index contributed by atoms with van der Waals surface area (Å²) in [6, 6.07) is 9.93. The first-order valence-electron chi connectivity index (χ1n) is 7.53. The predicted molar refractivity (Wildman–Crippen MR) is 98.6 cm³/mol. The van der Waals surface area contributed by atoms with Gasteiger partial charge in [0.25, 0.3) is 5.91 Å². The molecular weight excluding hydrogens is 389 g/mol. The Morgan fingerprint density at radius 1 is 1.24 bits per heavy atom. The fourth-order valence-corrected chi connectivity index (χ4v) is 2.44. The molecule has 0 spiro atoms. The first-order valence-corrected chi connectivity index (χ1v) is 8.32. The number of anilines is 1. The molecule has 0 aliphatic rings. The van der Waals surface area contributed by atoms with Crippen LogP contribution >= 0.6 is 15.9 Å². The molecule has 0 atom stereocenters. The highest BCUT2D eigenvalue weighted by molar-refractivity contribution is 9.10. The zero-order chi connectivity index (χ0) is 18.4. The summed E-state index contributed by atoms with van der Waals surface area (Å²) in [5.74, 6) is -1.63. The van der Waals surface area contributed by atoms with Crippen molar-refractivity contribution in [3.8, 4) is 0 Å². The van der Waals surface area contributed by atoms with E-state index < -0.39 is 24.3 Å². The Bertz CT molecular complexity index is 833. The molecule has 2 rings (SSSR count). The average molecular weight is 406 g/mol. The van der Waals surface area contributed by atoms with Crippen molar-refractivity contribution >= 4 is 39.6 Å². The molecule has 0 aliphatic carbocycles. The first-order chi connectivity index (χ1) is 11.9. The number of benzene rings is 2. The van der Waals surface area contributed by atoms with E-state index in [4.69, 9.17) is 4.74 Å². The van der Waals surface area contributed by atoms with Crippen molar-refractivity contribution in [3.63, 3.8) is 0 Å². The van der Waals surface area contributed by atoms with Crippen molar-refractivity contribution in [1.82, 2.24) is 0 Å². The van der Waals surface area contributed by atoms with Gasteiger partial charge in [0.2, 0.25) is 0 Å². The van der Waals surface area contributed by atoms with Gasteiger partial charge in [0.15, 0.2) is 6.61 Å². The normalized spacial score (nSPS) is 10.7. The second kappa shape index (κ2) is 8.58. The lowest BCUT2D eigenvalue weighted by atomic mass is 10.1. The van der Waals surface area contributed by atoms with Gasteiger partial charge in [-0.3, -0.25) is 4.79 Å². The fraction of sp³-hybridized carbons (Fsp3) is 0.158. The first kappa shape index (κ1) is 18.9. The van der Waals surface area contributed by atoms with Gasteiger partial charge in [0.1, 0.15) is 5.82 Å². The standard InChI is InChI=1S/C19H17BrFNO3/c1-12-4-3-5-17(13(12)2)22-18(23)11-25-19(24)9-6-14-10-15(20)7-8-16(14)21/h3-10H,11H2,1-2H3,(H,22,23)/b9-6+. The lowest BCUT2D eigenvalue weighted by molar-refractivity contribution is -0.142. The molecule has 0 unspecified atom stereocenters. The number of halogens is 2. The molecule has 1 amide bonds. The van der Waals surface area contributed by atoms with E-state index in [0.29, 0.717) is 10.2 Å². The Balaban J connectivity index is 1.89. The maximum atomic E-state index is 13.6. The van der Waals surface area contributed by atoms with Gasteiger partial charge in [0.05, 0.1) is 0 Å². The fourth-order valence-electron chi connectivity index (χ4n) is 2.06. The second-order valence-corrected chi connectivity index (χ2v) is 6.32. The number of amides is 1. The summed E-state index contributed by atoms with van der Waals surface area (Å²) < 4.78 is 19.1. The van der Waals surface area contributed by atoms with Crippen LogP contribution in [0.1, 0.15) is 16.7 Å². The molecule has 0 aromatic heterocycles. The molecule has 25 heavy (non-hydrogen) atoms. The van der Waals surface area contributed by atoms with E-state index >= 15 is 0 Å². The van der Waals surface area contributed by atoms with E-state index in [1.807, 2.05) is 26.0 Å². The zero-order valence-electron chi connectivity index (χ0n) is 13.8. The maximum Gasteiger partial charge on any atom is 0.331 e. The highest BCUT2D eigenvalue weighted by Crippen LogP contribution is 2.18. The summed E-state index contributed by atoms with van der Waals surface area (Å²) in [5, 5.41) is 2.69. The molecule has 4 nitrogen and oxygen atoms in total. The summed E-state index contributed by atoms with van der Waals surface area (Å²) in [6.07, 6.45) is 2.38. The van der Waals surface area contributed by atoms with Gasteiger partial charge in [-0.25, -0.2) is 9.18 Å². The van der Waals surface area contributed by atoms with Crippen molar-refractivity contribution in [3.05, 3.63) is 69.5 Å². The highest BCUT2D eigenvalue weighted by Gasteiger charge is 2.08. The minimum atomic E-state index is -0.726. The topological polar surface area (TPSA) is 55.4 Å². The third kappa shape index (κ3) is 5.53. The number of rotatable bonds is 5. The molecule has 1 N–H and O–H groups in total. The summed E-state index contributed by atoms with van der Waals surface area (Å²) in [7, 11) is 0. The molecule has 0 aliphatic heterocycles. The van der Waals surface area contributed by atoms with Gasteiger partial charge >= 0.3 is 5.97 Å². The number of esters is 1. The third-order valence-corrected chi connectivity index (χ3v) is 4.07. The summed E-state index contributed by atoms with van der Waals surface area (Å²) >= 11 is 3.23. The highest BCUT2D eigenvalue weighted by atomic mass is 79.9. The van der Waals surface area contributed by atoms with Gasteiger partial charge in [-0.2, -0.15) is 0 Å². The Morgan fingerprint density at radius 2 is 2.00 bits per heavy atom. The van der Waals surface area contributed by atoms with Crippen molar-refractivity contribution < 1.29 is 18.7 Å². The van der Waals surface area contributed by atoms with Crippen LogP contribution in [-0.2, 0) is 14.3 Å². The molecule has 0 saturated heterocycles. The van der Waals surface area contributed by atoms with Crippen LogP contribution in [0.4, 0.5) is 10.1 Å². The molecule has 0 saturated carbocycles. The number of ether oxygens (including phenoxy) is 1. The number of aryl methyl sites for hydroxylation is 1. The van der Waals surface area contributed by atoms with Crippen LogP contribution in [0.15, 0.2) is 46.9 Å². The van der Waals surface area contributed by atoms with Gasteiger partial charge in [-0.1, -0.05) is 28.1 Å². The Kier molecular flexibility index (Phi) is 6.47. The zero-order valence-corrected chi connectivity index (χ0v) is 15.4.